The van der Waals surface area contributed by atoms with Crippen molar-refractivity contribution in [3.05, 3.63) is 83.3 Å². The number of amides is 1. The average molecular weight is 501 g/mol. The van der Waals surface area contributed by atoms with E-state index in [-0.39, 0.29) is 34.9 Å². The Bertz CT molecular complexity index is 1310. The third-order valence-corrected chi connectivity index (χ3v) is 5.53. The van der Waals surface area contributed by atoms with E-state index in [0.29, 0.717) is 12.4 Å². The maximum atomic E-state index is 13.4. The monoisotopic (exact) mass is 501 g/mol. The number of Topliss-reactive ketones (excluding diaryl/α,β-unsaturated/α-hetero) is 1. The van der Waals surface area contributed by atoms with Gasteiger partial charge in [0.25, 0.3) is 11.7 Å². The van der Waals surface area contributed by atoms with Crippen molar-refractivity contribution in [1.29, 1.82) is 0 Å². The van der Waals surface area contributed by atoms with E-state index >= 15 is 0 Å². The molecule has 0 bridgehead atoms. The summed E-state index contributed by atoms with van der Waals surface area (Å²) in [6.45, 7) is 4.15. The van der Waals surface area contributed by atoms with Crippen LogP contribution in [-0.2, 0) is 15.8 Å². The van der Waals surface area contributed by atoms with Gasteiger partial charge in [-0.25, -0.2) is 0 Å². The van der Waals surface area contributed by atoms with Crippen LogP contribution in [0.5, 0.6) is 11.5 Å². The van der Waals surface area contributed by atoms with Crippen molar-refractivity contribution in [2.24, 2.45) is 0 Å². The lowest BCUT2D eigenvalue weighted by atomic mass is 9.98. The second-order valence-electron chi connectivity index (χ2n) is 7.76. The van der Waals surface area contributed by atoms with E-state index in [0.717, 1.165) is 23.1 Å². The molecular formula is C26H22F3NO6. The van der Waals surface area contributed by atoms with E-state index in [2.05, 4.69) is 0 Å². The Balaban J connectivity index is 1.91. The molecule has 3 aromatic rings. The van der Waals surface area contributed by atoms with E-state index in [9.17, 15) is 27.9 Å². The van der Waals surface area contributed by atoms with Gasteiger partial charge in [-0.2, -0.15) is 13.2 Å². The minimum Gasteiger partial charge on any atom is -0.507 e. The highest BCUT2D eigenvalue weighted by molar-refractivity contribution is 6.51. The molecule has 1 atom stereocenters. The molecule has 1 aromatic heterocycles. The lowest BCUT2D eigenvalue weighted by Crippen LogP contribution is -2.29. The Morgan fingerprint density at radius 1 is 1.03 bits per heavy atom. The number of rotatable bonds is 7. The van der Waals surface area contributed by atoms with Gasteiger partial charge in [0.2, 0.25) is 0 Å². The van der Waals surface area contributed by atoms with Gasteiger partial charge in [-0.3, -0.25) is 14.5 Å². The normalized spacial score (nSPS) is 17.5. The van der Waals surface area contributed by atoms with Crippen molar-refractivity contribution in [2.75, 3.05) is 18.1 Å². The highest BCUT2D eigenvalue weighted by Crippen LogP contribution is 2.44. The van der Waals surface area contributed by atoms with Gasteiger partial charge in [0.1, 0.15) is 29.1 Å². The van der Waals surface area contributed by atoms with Crippen LogP contribution in [0.15, 0.2) is 70.9 Å². The highest BCUT2D eigenvalue weighted by atomic mass is 19.4. The van der Waals surface area contributed by atoms with Crippen LogP contribution in [-0.4, -0.2) is 30.0 Å². The fraction of sp³-hybridized carbons (Fsp3) is 0.231. The van der Waals surface area contributed by atoms with Gasteiger partial charge in [0.05, 0.1) is 36.2 Å². The summed E-state index contributed by atoms with van der Waals surface area (Å²) in [5.41, 5.74) is -1.41. The molecule has 2 heterocycles. The first-order valence-electron chi connectivity index (χ1n) is 11.1. The number of hydrogen-bond donors (Lipinski definition) is 1. The Hall–Kier alpha value is -4.21. The third kappa shape index (κ3) is 4.53. The molecule has 4 rings (SSSR count). The number of ether oxygens (including phenoxy) is 2. The van der Waals surface area contributed by atoms with Crippen LogP contribution < -0.4 is 14.4 Å². The van der Waals surface area contributed by atoms with Crippen LogP contribution in [0, 0.1) is 0 Å². The Kier molecular flexibility index (Phi) is 6.78. The minimum atomic E-state index is -4.67. The number of anilines is 1. The summed E-state index contributed by atoms with van der Waals surface area (Å²) in [4.78, 5) is 27.2. The summed E-state index contributed by atoms with van der Waals surface area (Å²) in [6, 6.07) is 10.3. The number of ketones is 1. The smallest absolute Gasteiger partial charge is 0.416 e. The van der Waals surface area contributed by atoms with Gasteiger partial charge in [0.15, 0.2) is 0 Å². The minimum absolute atomic E-state index is 0.0806. The van der Waals surface area contributed by atoms with Crippen molar-refractivity contribution in [3.8, 4) is 11.5 Å². The maximum Gasteiger partial charge on any atom is 0.416 e. The Morgan fingerprint density at radius 3 is 2.42 bits per heavy atom. The fourth-order valence-corrected chi connectivity index (χ4v) is 4.02. The van der Waals surface area contributed by atoms with Gasteiger partial charge in [0, 0.05) is 11.8 Å². The SMILES string of the molecule is CCOc1ccc(/C(O)=C2/C(=O)C(=O)N(c3cccc(C(F)(F)F)c3)C2c2ccco2)c(OCC)c1. The number of benzene rings is 2. The van der Waals surface area contributed by atoms with Crippen LogP contribution in [0.2, 0.25) is 0 Å². The number of nitrogens with zero attached hydrogens (tertiary/aromatic N) is 1. The molecule has 0 radical (unpaired) electrons. The summed E-state index contributed by atoms with van der Waals surface area (Å²) in [5, 5.41) is 11.3. The van der Waals surface area contributed by atoms with Crippen LogP contribution >= 0.6 is 0 Å². The summed E-state index contributed by atoms with van der Waals surface area (Å²) in [5.74, 6) is -2.01. The molecule has 7 nitrogen and oxygen atoms in total. The summed E-state index contributed by atoms with van der Waals surface area (Å²) in [7, 11) is 0. The molecule has 0 spiro atoms. The molecule has 36 heavy (non-hydrogen) atoms. The molecule has 1 aliphatic heterocycles. The number of aliphatic hydroxyl groups excluding tert-OH is 1. The molecule has 1 N–H and O–H groups in total. The van der Waals surface area contributed by atoms with E-state index < -0.39 is 35.2 Å². The van der Waals surface area contributed by atoms with Crippen molar-refractivity contribution in [2.45, 2.75) is 26.1 Å². The molecule has 1 saturated heterocycles. The number of aliphatic hydroxyl groups is 1. The zero-order chi connectivity index (χ0) is 26.0. The van der Waals surface area contributed by atoms with E-state index in [1.165, 1.54) is 36.6 Å². The topological polar surface area (TPSA) is 89.2 Å². The summed E-state index contributed by atoms with van der Waals surface area (Å²) in [6.07, 6.45) is -3.37. The van der Waals surface area contributed by atoms with Crippen LogP contribution in [0.1, 0.15) is 36.8 Å². The van der Waals surface area contributed by atoms with Gasteiger partial charge in [-0.1, -0.05) is 6.07 Å². The van der Waals surface area contributed by atoms with Crippen molar-refractivity contribution >= 4 is 23.1 Å². The van der Waals surface area contributed by atoms with Gasteiger partial charge < -0.3 is 19.0 Å². The zero-order valence-corrected chi connectivity index (χ0v) is 19.3. The van der Waals surface area contributed by atoms with Crippen LogP contribution in [0.25, 0.3) is 5.76 Å². The molecule has 1 unspecified atom stereocenters. The molecule has 1 amide bonds. The van der Waals surface area contributed by atoms with Crippen LogP contribution in [0.3, 0.4) is 0 Å². The quantitative estimate of drug-likeness (QED) is 0.253. The Morgan fingerprint density at radius 2 is 1.78 bits per heavy atom. The number of furan rings is 1. The number of carbonyl (C=O) groups is 2. The second-order valence-corrected chi connectivity index (χ2v) is 7.76. The molecule has 1 aliphatic rings. The van der Waals surface area contributed by atoms with E-state index in [1.807, 2.05) is 0 Å². The number of alkyl halides is 3. The summed E-state index contributed by atoms with van der Waals surface area (Å²) < 4.78 is 56.6. The maximum absolute atomic E-state index is 13.4. The Labute approximate surface area is 204 Å². The van der Waals surface area contributed by atoms with Crippen molar-refractivity contribution in [1.82, 2.24) is 0 Å². The average Bonchev–Trinajstić information content (AvgIpc) is 3.46. The van der Waals surface area contributed by atoms with Gasteiger partial charge in [-0.15, -0.1) is 0 Å². The first-order valence-corrected chi connectivity index (χ1v) is 11.1. The lowest BCUT2D eigenvalue weighted by molar-refractivity contribution is -0.137. The lowest BCUT2D eigenvalue weighted by Gasteiger charge is -2.24. The first-order chi connectivity index (χ1) is 17.2. The number of halogens is 3. The number of hydrogen-bond acceptors (Lipinski definition) is 6. The number of carbonyl (C=O) groups excluding carboxylic acids is 2. The van der Waals surface area contributed by atoms with Gasteiger partial charge >= 0.3 is 6.18 Å². The zero-order valence-electron chi connectivity index (χ0n) is 19.3. The standard InChI is InChI=1S/C26H22F3NO6/c1-3-34-17-10-11-18(20(14-17)35-4-2)23(31)21-22(19-9-6-12-36-19)30(25(33)24(21)32)16-8-5-7-15(13-16)26(27,28)29/h5-14,22,31H,3-4H2,1-2H3/b23-21-. The van der Waals surface area contributed by atoms with Gasteiger partial charge in [-0.05, 0) is 56.3 Å². The largest absolute Gasteiger partial charge is 0.507 e. The molecular weight excluding hydrogens is 479 g/mol. The van der Waals surface area contributed by atoms with E-state index in [1.54, 1.807) is 19.9 Å². The molecule has 0 saturated carbocycles. The summed E-state index contributed by atoms with van der Waals surface area (Å²) >= 11 is 0. The molecule has 188 valence electrons. The fourth-order valence-electron chi connectivity index (χ4n) is 4.02. The van der Waals surface area contributed by atoms with E-state index in [4.69, 9.17) is 13.9 Å². The molecule has 2 aromatic carbocycles. The van der Waals surface area contributed by atoms with Crippen molar-refractivity contribution in [3.63, 3.8) is 0 Å². The second kappa shape index (κ2) is 9.80. The predicted molar refractivity (Wildman–Crippen MR) is 124 cm³/mol. The molecule has 10 heteroatoms. The molecule has 0 aliphatic carbocycles. The third-order valence-electron chi connectivity index (χ3n) is 5.53. The molecule has 1 fully saturated rings. The first kappa shape index (κ1) is 24.9. The van der Waals surface area contributed by atoms with Crippen molar-refractivity contribution < 1.29 is 41.8 Å². The highest BCUT2D eigenvalue weighted by Gasteiger charge is 2.49. The predicted octanol–water partition coefficient (Wildman–Crippen LogP) is 5.72. The van der Waals surface area contributed by atoms with Crippen LogP contribution in [0.4, 0.5) is 18.9 Å².